The molecule has 2 N–H and O–H groups in total. The van der Waals surface area contributed by atoms with Crippen LogP contribution in [0, 0.1) is 0 Å². The molecular weight excluding hydrogens is 164 g/mol. The minimum Gasteiger partial charge on any atom is -0.327 e. The van der Waals surface area contributed by atoms with Gasteiger partial charge in [0.15, 0.2) is 0 Å². The first-order chi connectivity index (χ1) is 6.24. The average molecular weight is 178 g/mol. The molecule has 0 bridgehead atoms. The van der Waals surface area contributed by atoms with Gasteiger partial charge in [-0.1, -0.05) is 10.8 Å². The maximum atomic E-state index is 5.80. The third kappa shape index (κ3) is 1.95. The second kappa shape index (κ2) is 3.30. The second-order valence-corrected chi connectivity index (χ2v) is 3.62. The van der Waals surface area contributed by atoms with Crippen molar-refractivity contribution < 1.29 is 0 Å². The van der Waals surface area contributed by atoms with Gasteiger partial charge in [0, 0.05) is 13.1 Å². The Kier molecular flexibility index (Phi) is 2.14. The highest BCUT2D eigenvalue weighted by molar-refractivity contribution is 5.48. The van der Waals surface area contributed by atoms with Crippen LogP contribution in [-0.2, 0) is 7.05 Å². The minimum atomic E-state index is 0.350. The van der Waals surface area contributed by atoms with Gasteiger partial charge in [-0.25, -0.2) is 0 Å². The van der Waals surface area contributed by atoms with Crippen LogP contribution < -0.4 is 5.73 Å². The smallest absolute Gasteiger partial charge is 0.105 e. The van der Waals surface area contributed by atoms with E-state index in [0.29, 0.717) is 6.04 Å². The first-order valence-electron chi connectivity index (χ1n) is 4.55. The van der Waals surface area contributed by atoms with E-state index in [2.05, 4.69) is 16.4 Å². The number of hydrogen-bond acceptors (Lipinski definition) is 3. The minimum absolute atomic E-state index is 0.350. The van der Waals surface area contributed by atoms with Gasteiger partial charge in [-0.05, 0) is 25.3 Å². The number of aryl methyl sites for hydroxylation is 1. The van der Waals surface area contributed by atoms with E-state index in [1.165, 1.54) is 5.57 Å². The monoisotopic (exact) mass is 178 g/mol. The molecule has 2 rings (SSSR count). The summed E-state index contributed by atoms with van der Waals surface area (Å²) in [5.41, 5.74) is 8.13. The molecule has 0 aliphatic heterocycles. The maximum Gasteiger partial charge on any atom is 0.105 e. The predicted molar refractivity (Wildman–Crippen MR) is 50.8 cm³/mol. The van der Waals surface area contributed by atoms with Gasteiger partial charge in [0.25, 0.3) is 0 Å². The average Bonchev–Trinajstić information content (AvgIpc) is 2.62. The first kappa shape index (κ1) is 8.44. The van der Waals surface area contributed by atoms with Crippen LogP contribution in [0.2, 0.25) is 0 Å². The van der Waals surface area contributed by atoms with Gasteiger partial charge in [-0.2, -0.15) is 0 Å². The van der Waals surface area contributed by atoms with Crippen LogP contribution in [0.3, 0.4) is 0 Å². The second-order valence-electron chi connectivity index (χ2n) is 3.62. The van der Waals surface area contributed by atoms with E-state index < -0.39 is 0 Å². The summed E-state index contributed by atoms with van der Waals surface area (Å²) < 4.78 is 1.71. The van der Waals surface area contributed by atoms with Crippen LogP contribution in [0.1, 0.15) is 25.0 Å². The molecule has 1 saturated carbocycles. The normalized spacial score (nSPS) is 25.7. The zero-order valence-electron chi connectivity index (χ0n) is 7.77. The van der Waals surface area contributed by atoms with E-state index in [-0.39, 0.29) is 0 Å². The molecule has 1 aliphatic carbocycles. The van der Waals surface area contributed by atoms with Crippen molar-refractivity contribution in [3.05, 3.63) is 17.5 Å². The molecule has 1 aliphatic rings. The van der Waals surface area contributed by atoms with Crippen molar-refractivity contribution in [1.29, 1.82) is 0 Å². The molecule has 0 spiro atoms. The van der Waals surface area contributed by atoms with Gasteiger partial charge < -0.3 is 5.73 Å². The molecule has 1 aromatic heterocycles. The summed E-state index contributed by atoms with van der Waals surface area (Å²) in [5, 5.41) is 7.87. The van der Waals surface area contributed by atoms with Gasteiger partial charge in [0.1, 0.15) is 5.69 Å². The largest absolute Gasteiger partial charge is 0.327 e. The van der Waals surface area contributed by atoms with Gasteiger partial charge in [0.05, 0.1) is 6.20 Å². The molecular formula is C9H14N4. The van der Waals surface area contributed by atoms with Crippen molar-refractivity contribution in [3.8, 4) is 0 Å². The first-order valence-corrected chi connectivity index (χ1v) is 4.55. The Morgan fingerprint density at radius 3 is 3.08 bits per heavy atom. The van der Waals surface area contributed by atoms with Gasteiger partial charge in [-0.15, -0.1) is 5.10 Å². The summed E-state index contributed by atoms with van der Waals surface area (Å²) in [7, 11) is 1.87. The van der Waals surface area contributed by atoms with E-state index in [4.69, 9.17) is 5.73 Å². The molecule has 1 aromatic rings. The van der Waals surface area contributed by atoms with Crippen LogP contribution in [-0.4, -0.2) is 21.0 Å². The van der Waals surface area contributed by atoms with Crippen LogP contribution in [0.25, 0.3) is 6.08 Å². The number of nitrogens with zero attached hydrogens (tertiary/aromatic N) is 3. The van der Waals surface area contributed by atoms with Gasteiger partial charge >= 0.3 is 0 Å². The van der Waals surface area contributed by atoms with Crippen LogP contribution in [0.15, 0.2) is 11.8 Å². The predicted octanol–water partition coefficient (Wildman–Crippen LogP) is 0.710. The summed E-state index contributed by atoms with van der Waals surface area (Å²) in [6.45, 7) is 0. The molecule has 13 heavy (non-hydrogen) atoms. The lowest BCUT2D eigenvalue weighted by Gasteiger charge is -1.95. The number of nitrogens with two attached hydrogens (primary N) is 1. The van der Waals surface area contributed by atoms with Crippen LogP contribution >= 0.6 is 0 Å². The lowest BCUT2D eigenvalue weighted by molar-refractivity contribution is 0.711. The summed E-state index contributed by atoms with van der Waals surface area (Å²) in [5.74, 6) is 0. The molecule has 70 valence electrons. The molecule has 1 heterocycles. The summed E-state index contributed by atoms with van der Waals surface area (Å²) >= 11 is 0. The van der Waals surface area contributed by atoms with E-state index in [1.807, 2.05) is 13.2 Å². The van der Waals surface area contributed by atoms with E-state index in [1.54, 1.807) is 4.68 Å². The molecule has 0 amide bonds. The van der Waals surface area contributed by atoms with Crippen molar-refractivity contribution in [3.63, 3.8) is 0 Å². The van der Waals surface area contributed by atoms with E-state index in [0.717, 1.165) is 25.0 Å². The summed E-state index contributed by atoms with van der Waals surface area (Å²) in [4.78, 5) is 0. The Morgan fingerprint density at radius 1 is 1.69 bits per heavy atom. The Morgan fingerprint density at radius 2 is 2.54 bits per heavy atom. The Balaban J connectivity index is 2.12. The Hall–Kier alpha value is -1.16. The topological polar surface area (TPSA) is 56.7 Å². The fourth-order valence-electron chi connectivity index (χ4n) is 1.68. The third-order valence-electron chi connectivity index (χ3n) is 2.33. The van der Waals surface area contributed by atoms with Gasteiger partial charge in [-0.3, -0.25) is 4.68 Å². The molecule has 0 saturated heterocycles. The Labute approximate surface area is 77.4 Å². The SMILES string of the molecule is Cn1cc(/C=C2/CCC(N)C2)nn1. The Bertz CT molecular complexity index is 326. The molecule has 4 nitrogen and oxygen atoms in total. The van der Waals surface area contributed by atoms with Crippen molar-refractivity contribution in [1.82, 2.24) is 15.0 Å². The van der Waals surface area contributed by atoms with Crippen LogP contribution in [0.5, 0.6) is 0 Å². The van der Waals surface area contributed by atoms with E-state index >= 15 is 0 Å². The number of rotatable bonds is 1. The summed E-state index contributed by atoms with van der Waals surface area (Å²) in [6, 6.07) is 0.350. The molecule has 4 heteroatoms. The number of hydrogen-bond donors (Lipinski definition) is 1. The maximum absolute atomic E-state index is 5.80. The summed E-state index contributed by atoms with van der Waals surface area (Å²) in [6.07, 6.45) is 7.23. The lowest BCUT2D eigenvalue weighted by atomic mass is 10.2. The zero-order chi connectivity index (χ0) is 9.26. The highest BCUT2D eigenvalue weighted by Gasteiger charge is 2.15. The van der Waals surface area contributed by atoms with Crippen molar-refractivity contribution in [2.75, 3.05) is 0 Å². The zero-order valence-corrected chi connectivity index (χ0v) is 7.77. The van der Waals surface area contributed by atoms with E-state index in [9.17, 15) is 0 Å². The molecule has 1 fully saturated rings. The van der Waals surface area contributed by atoms with Crippen molar-refractivity contribution in [2.24, 2.45) is 12.8 Å². The molecule has 0 aromatic carbocycles. The number of aromatic nitrogens is 3. The highest BCUT2D eigenvalue weighted by atomic mass is 15.4. The highest BCUT2D eigenvalue weighted by Crippen LogP contribution is 2.24. The fraction of sp³-hybridized carbons (Fsp3) is 0.556. The molecule has 0 radical (unpaired) electrons. The van der Waals surface area contributed by atoms with Gasteiger partial charge in [0.2, 0.25) is 0 Å². The van der Waals surface area contributed by atoms with Crippen LogP contribution in [0.4, 0.5) is 0 Å². The van der Waals surface area contributed by atoms with Crippen molar-refractivity contribution in [2.45, 2.75) is 25.3 Å². The quantitative estimate of drug-likeness (QED) is 0.689. The molecule has 1 unspecified atom stereocenters. The fourth-order valence-corrected chi connectivity index (χ4v) is 1.68. The third-order valence-corrected chi connectivity index (χ3v) is 2.33. The standard InChI is InChI=1S/C9H14N4/c1-13-6-9(11-12-13)5-7-2-3-8(10)4-7/h5-6,8H,2-4,10H2,1H3/b7-5-. The lowest BCUT2D eigenvalue weighted by Crippen LogP contribution is -2.13. The van der Waals surface area contributed by atoms with Crippen molar-refractivity contribution >= 4 is 6.08 Å². The molecule has 1 atom stereocenters.